The molecule has 0 aromatic heterocycles. The number of benzene rings is 1. The lowest BCUT2D eigenvalue weighted by molar-refractivity contribution is 0.340. The van der Waals surface area contributed by atoms with Crippen LogP contribution in [0.2, 0.25) is 0 Å². The predicted molar refractivity (Wildman–Crippen MR) is 60.2 cm³/mol. The van der Waals surface area contributed by atoms with E-state index in [1.165, 1.54) is 6.07 Å². The number of hydrogen-bond donors (Lipinski definition) is 1. The molecule has 1 atom stereocenters. The van der Waals surface area contributed by atoms with E-state index >= 15 is 0 Å². The van der Waals surface area contributed by atoms with Crippen LogP contribution < -0.4 is 5.32 Å². The standard InChI is InChI=1S/C13H17F2N/c1-2-6-13(7-3-8-16-13)11-5-4-10(14)9-12(11)15/h4-5,9,16H,2-3,6-8H2,1H3. The summed E-state index contributed by atoms with van der Waals surface area (Å²) in [5, 5.41) is 3.39. The summed E-state index contributed by atoms with van der Waals surface area (Å²) in [6.45, 7) is 3.00. The van der Waals surface area contributed by atoms with E-state index in [2.05, 4.69) is 12.2 Å². The normalized spacial score (nSPS) is 24.9. The molecule has 0 saturated carbocycles. The van der Waals surface area contributed by atoms with Gasteiger partial charge in [0.05, 0.1) is 0 Å². The van der Waals surface area contributed by atoms with Gasteiger partial charge < -0.3 is 5.32 Å². The molecule has 1 aliphatic rings. The zero-order valence-electron chi connectivity index (χ0n) is 9.52. The Bertz CT molecular complexity index is 370. The van der Waals surface area contributed by atoms with E-state index in [9.17, 15) is 8.78 Å². The van der Waals surface area contributed by atoms with Crippen LogP contribution in [0.3, 0.4) is 0 Å². The number of rotatable bonds is 3. The molecular weight excluding hydrogens is 208 g/mol. The van der Waals surface area contributed by atoms with E-state index in [-0.39, 0.29) is 5.54 Å². The fourth-order valence-corrected chi connectivity index (χ4v) is 2.69. The van der Waals surface area contributed by atoms with E-state index in [0.29, 0.717) is 5.56 Å². The molecule has 0 bridgehead atoms. The summed E-state index contributed by atoms with van der Waals surface area (Å²) in [5.74, 6) is -0.936. The van der Waals surface area contributed by atoms with Gasteiger partial charge in [0, 0.05) is 17.2 Å². The van der Waals surface area contributed by atoms with Gasteiger partial charge in [0.25, 0.3) is 0 Å². The van der Waals surface area contributed by atoms with Crippen molar-refractivity contribution in [2.75, 3.05) is 6.54 Å². The molecule has 16 heavy (non-hydrogen) atoms. The molecule has 1 aromatic rings. The van der Waals surface area contributed by atoms with Gasteiger partial charge in [-0.05, 0) is 31.9 Å². The van der Waals surface area contributed by atoms with Crippen molar-refractivity contribution in [1.29, 1.82) is 0 Å². The summed E-state index contributed by atoms with van der Waals surface area (Å²) in [5.41, 5.74) is 0.347. The summed E-state index contributed by atoms with van der Waals surface area (Å²) in [7, 11) is 0. The lowest BCUT2D eigenvalue weighted by atomic mass is 9.84. The van der Waals surface area contributed by atoms with Crippen LogP contribution in [0.1, 0.15) is 38.2 Å². The van der Waals surface area contributed by atoms with E-state index in [1.807, 2.05) is 0 Å². The fraction of sp³-hybridized carbons (Fsp3) is 0.538. The molecule has 1 N–H and O–H groups in total. The molecule has 1 heterocycles. The van der Waals surface area contributed by atoms with Crippen LogP contribution in [0.5, 0.6) is 0 Å². The minimum Gasteiger partial charge on any atom is -0.307 e. The largest absolute Gasteiger partial charge is 0.307 e. The molecule has 1 saturated heterocycles. The van der Waals surface area contributed by atoms with Crippen molar-refractivity contribution in [1.82, 2.24) is 5.32 Å². The lowest BCUT2D eigenvalue weighted by Crippen LogP contribution is -2.37. The van der Waals surface area contributed by atoms with Crippen molar-refractivity contribution in [2.45, 2.75) is 38.1 Å². The van der Waals surface area contributed by atoms with Crippen molar-refractivity contribution < 1.29 is 8.78 Å². The maximum Gasteiger partial charge on any atom is 0.131 e. The van der Waals surface area contributed by atoms with Crippen LogP contribution >= 0.6 is 0 Å². The molecule has 2 rings (SSSR count). The molecule has 0 radical (unpaired) electrons. The van der Waals surface area contributed by atoms with Crippen LogP contribution in [-0.2, 0) is 5.54 Å². The summed E-state index contributed by atoms with van der Waals surface area (Å²) >= 11 is 0. The van der Waals surface area contributed by atoms with Gasteiger partial charge in [-0.15, -0.1) is 0 Å². The minimum absolute atomic E-state index is 0.271. The SMILES string of the molecule is CCCC1(c2ccc(F)cc2F)CCCN1. The summed E-state index contributed by atoms with van der Waals surface area (Å²) in [6, 6.07) is 3.90. The van der Waals surface area contributed by atoms with Crippen LogP contribution in [0, 0.1) is 11.6 Å². The van der Waals surface area contributed by atoms with E-state index < -0.39 is 11.6 Å². The van der Waals surface area contributed by atoms with Crippen molar-refractivity contribution >= 4 is 0 Å². The zero-order valence-corrected chi connectivity index (χ0v) is 9.52. The predicted octanol–water partition coefficient (Wildman–Crippen LogP) is 3.34. The van der Waals surface area contributed by atoms with Gasteiger partial charge >= 0.3 is 0 Å². The van der Waals surface area contributed by atoms with Gasteiger partial charge in [0.15, 0.2) is 0 Å². The molecule has 1 fully saturated rings. The topological polar surface area (TPSA) is 12.0 Å². The summed E-state index contributed by atoms with van der Waals surface area (Å²) in [4.78, 5) is 0. The highest BCUT2D eigenvalue weighted by atomic mass is 19.1. The first-order valence-electron chi connectivity index (χ1n) is 5.88. The first-order valence-corrected chi connectivity index (χ1v) is 5.88. The molecule has 1 unspecified atom stereocenters. The fourth-order valence-electron chi connectivity index (χ4n) is 2.69. The number of nitrogens with one attached hydrogen (secondary N) is 1. The molecule has 0 spiro atoms. The van der Waals surface area contributed by atoms with Crippen molar-refractivity contribution in [3.05, 3.63) is 35.4 Å². The number of hydrogen-bond acceptors (Lipinski definition) is 1. The molecule has 0 amide bonds. The quantitative estimate of drug-likeness (QED) is 0.831. The Morgan fingerprint density at radius 2 is 2.19 bits per heavy atom. The Balaban J connectivity index is 2.38. The highest BCUT2D eigenvalue weighted by molar-refractivity contribution is 5.28. The molecule has 88 valence electrons. The number of halogens is 2. The Kier molecular flexibility index (Phi) is 3.24. The summed E-state index contributed by atoms with van der Waals surface area (Å²) in [6.07, 6.45) is 3.87. The second kappa shape index (κ2) is 4.50. The van der Waals surface area contributed by atoms with Crippen molar-refractivity contribution in [3.63, 3.8) is 0 Å². The minimum atomic E-state index is -0.508. The third kappa shape index (κ3) is 1.96. The highest BCUT2D eigenvalue weighted by Crippen LogP contribution is 2.36. The molecule has 3 heteroatoms. The second-order valence-corrected chi connectivity index (χ2v) is 4.49. The van der Waals surface area contributed by atoms with E-state index in [1.54, 1.807) is 6.07 Å². The van der Waals surface area contributed by atoms with Gasteiger partial charge in [-0.1, -0.05) is 19.4 Å². The van der Waals surface area contributed by atoms with Gasteiger partial charge in [0.2, 0.25) is 0 Å². The third-order valence-corrected chi connectivity index (χ3v) is 3.37. The molecule has 1 nitrogen and oxygen atoms in total. The Morgan fingerprint density at radius 3 is 2.75 bits per heavy atom. The zero-order chi connectivity index (χ0) is 11.6. The second-order valence-electron chi connectivity index (χ2n) is 4.49. The van der Waals surface area contributed by atoms with E-state index in [4.69, 9.17) is 0 Å². The van der Waals surface area contributed by atoms with Crippen LogP contribution in [0.4, 0.5) is 8.78 Å². The lowest BCUT2D eigenvalue weighted by Gasteiger charge is -2.30. The first-order chi connectivity index (χ1) is 7.68. The maximum absolute atomic E-state index is 13.8. The van der Waals surface area contributed by atoms with E-state index in [0.717, 1.165) is 38.3 Å². The average Bonchev–Trinajstić information content (AvgIpc) is 2.67. The average molecular weight is 225 g/mol. The monoisotopic (exact) mass is 225 g/mol. The summed E-state index contributed by atoms with van der Waals surface area (Å²) < 4.78 is 26.7. The molecular formula is C13H17F2N. The van der Waals surface area contributed by atoms with Gasteiger partial charge in [0.1, 0.15) is 11.6 Å². The smallest absolute Gasteiger partial charge is 0.131 e. The highest BCUT2D eigenvalue weighted by Gasteiger charge is 2.36. The van der Waals surface area contributed by atoms with Gasteiger partial charge in [-0.25, -0.2) is 8.78 Å². The Morgan fingerprint density at radius 1 is 1.38 bits per heavy atom. The molecule has 1 aliphatic heterocycles. The van der Waals surface area contributed by atoms with Crippen molar-refractivity contribution in [2.24, 2.45) is 0 Å². The van der Waals surface area contributed by atoms with Crippen LogP contribution in [0.25, 0.3) is 0 Å². The molecule has 1 aromatic carbocycles. The third-order valence-electron chi connectivity index (χ3n) is 3.37. The first kappa shape index (κ1) is 11.5. The maximum atomic E-state index is 13.8. The van der Waals surface area contributed by atoms with Crippen LogP contribution in [0.15, 0.2) is 18.2 Å². The van der Waals surface area contributed by atoms with Crippen molar-refractivity contribution in [3.8, 4) is 0 Å². The van der Waals surface area contributed by atoms with Gasteiger partial charge in [-0.2, -0.15) is 0 Å². The molecule has 0 aliphatic carbocycles. The van der Waals surface area contributed by atoms with Gasteiger partial charge in [-0.3, -0.25) is 0 Å². The Labute approximate surface area is 94.9 Å². The Hall–Kier alpha value is -0.960. The van der Waals surface area contributed by atoms with Crippen LogP contribution in [-0.4, -0.2) is 6.54 Å².